The van der Waals surface area contributed by atoms with Gasteiger partial charge in [-0.1, -0.05) is 6.07 Å². The van der Waals surface area contributed by atoms with Gasteiger partial charge in [-0.15, -0.1) is 12.4 Å². The van der Waals surface area contributed by atoms with Crippen LogP contribution in [0.5, 0.6) is 0 Å². The summed E-state index contributed by atoms with van der Waals surface area (Å²) in [5.74, 6) is 0.887. The lowest BCUT2D eigenvalue weighted by Crippen LogP contribution is -2.36. The Bertz CT molecular complexity index is 1040. The highest BCUT2D eigenvalue weighted by Gasteiger charge is 2.15. The van der Waals surface area contributed by atoms with E-state index in [1.807, 2.05) is 19.2 Å². The fourth-order valence-electron chi connectivity index (χ4n) is 3.47. The van der Waals surface area contributed by atoms with E-state index in [1.54, 1.807) is 0 Å². The molecular weight excluding hydrogens is 334 g/mol. The van der Waals surface area contributed by atoms with Gasteiger partial charge in [0.15, 0.2) is 5.65 Å². The van der Waals surface area contributed by atoms with Crippen LogP contribution in [0.2, 0.25) is 0 Å². The van der Waals surface area contributed by atoms with Gasteiger partial charge in [0.2, 0.25) is 0 Å². The number of nitrogens with one attached hydrogen (secondary N) is 2. The van der Waals surface area contributed by atoms with Gasteiger partial charge < -0.3 is 9.97 Å². The van der Waals surface area contributed by atoms with Gasteiger partial charge >= 0.3 is 0 Å². The molecule has 1 aromatic carbocycles. The minimum Gasteiger partial charge on any atom is -0.354 e. The smallest absolute Gasteiger partial charge is 0.178 e. The van der Waals surface area contributed by atoms with E-state index in [-0.39, 0.29) is 12.4 Å². The molecular formula is C19H20ClN5. The van der Waals surface area contributed by atoms with Crippen LogP contribution in [0.3, 0.4) is 0 Å². The summed E-state index contributed by atoms with van der Waals surface area (Å²) < 4.78 is 0. The molecule has 0 spiro atoms. The lowest BCUT2D eigenvalue weighted by molar-refractivity contribution is 0.172. The van der Waals surface area contributed by atoms with E-state index < -0.39 is 0 Å². The van der Waals surface area contributed by atoms with Crippen LogP contribution >= 0.6 is 12.4 Å². The van der Waals surface area contributed by atoms with E-state index in [2.05, 4.69) is 49.1 Å². The van der Waals surface area contributed by atoms with Crippen molar-refractivity contribution < 1.29 is 0 Å². The Hall–Kier alpha value is -2.37. The first-order chi connectivity index (χ1) is 11.8. The number of imidazole rings is 1. The molecule has 4 aromatic rings. The Morgan fingerprint density at radius 1 is 1.12 bits per heavy atom. The van der Waals surface area contributed by atoms with Crippen LogP contribution in [-0.4, -0.2) is 37.9 Å². The molecule has 25 heavy (non-hydrogen) atoms. The zero-order chi connectivity index (χ0) is 16.1. The Morgan fingerprint density at radius 2 is 2.00 bits per heavy atom. The largest absolute Gasteiger partial charge is 0.354 e. The number of halogens is 1. The number of nitrogens with zero attached hydrogens (tertiary/aromatic N) is 3. The Labute approximate surface area is 151 Å². The van der Waals surface area contributed by atoms with Crippen molar-refractivity contribution in [3.05, 3.63) is 47.9 Å². The van der Waals surface area contributed by atoms with E-state index in [0.29, 0.717) is 0 Å². The first kappa shape index (κ1) is 16.1. The second kappa shape index (κ2) is 6.17. The molecule has 2 N–H and O–H groups in total. The average Bonchev–Trinajstić information content (AvgIpc) is 3.12. The number of aromatic amines is 2. The first-order valence-corrected chi connectivity index (χ1v) is 8.42. The molecule has 0 atom stereocenters. The lowest BCUT2D eigenvalue weighted by Gasteiger charge is -2.30. The van der Waals surface area contributed by atoms with Crippen LogP contribution in [-0.2, 0) is 6.54 Å². The van der Waals surface area contributed by atoms with E-state index >= 15 is 0 Å². The van der Waals surface area contributed by atoms with E-state index in [9.17, 15) is 0 Å². The standard InChI is InChI=1S/C19H19N5.ClH/c1-12-21-18-15(5-6-20-19(18)22-12)17-10-14-9-13(3-4-16(14)23-17)11-24-7-2-8-24;/h3-6,9-10,23H,2,7-8,11H2,1H3,(H,20,21,22);1H. The van der Waals surface area contributed by atoms with Gasteiger partial charge in [0.05, 0.1) is 5.52 Å². The molecule has 1 aliphatic heterocycles. The predicted octanol–water partition coefficient (Wildman–Crippen LogP) is 4.04. The molecule has 1 fully saturated rings. The van der Waals surface area contributed by atoms with Crippen molar-refractivity contribution >= 4 is 34.5 Å². The summed E-state index contributed by atoms with van der Waals surface area (Å²) in [6.07, 6.45) is 3.15. The molecule has 0 bridgehead atoms. The number of benzene rings is 1. The summed E-state index contributed by atoms with van der Waals surface area (Å²) in [6, 6.07) is 11.0. The van der Waals surface area contributed by atoms with Crippen LogP contribution in [0.25, 0.3) is 33.3 Å². The summed E-state index contributed by atoms with van der Waals surface area (Å²) in [5.41, 5.74) is 6.51. The van der Waals surface area contributed by atoms with Crippen molar-refractivity contribution in [3.63, 3.8) is 0 Å². The Morgan fingerprint density at radius 3 is 2.80 bits per heavy atom. The van der Waals surface area contributed by atoms with Crippen molar-refractivity contribution in [1.29, 1.82) is 0 Å². The Kier molecular flexibility index (Phi) is 3.98. The van der Waals surface area contributed by atoms with Crippen LogP contribution in [0, 0.1) is 6.92 Å². The molecule has 1 saturated heterocycles. The SMILES string of the molecule is Cc1nc2nccc(-c3cc4cc(CN5CCC5)ccc4[nH]3)c2[nH]1.Cl. The molecule has 0 amide bonds. The summed E-state index contributed by atoms with van der Waals surface area (Å²) in [6.45, 7) is 5.46. The van der Waals surface area contributed by atoms with Crippen molar-refractivity contribution in [1.82, 2.24) is 24.8 Å². The highest BCUT2D eigenvalue weighted by molar-refractivity contribution is 5.94. The van der Waals surface area contributed by atoms with Crippen molar-refractivity contribution in [3.8, 4) is 11.3 Å². The van der Waals surface area contributed by atoms with E-state index in [4.69, 9.17) is 0 Å². The van der Waals surface area contributed by atoms with Crippen LogP contribution < -0.4 is 0 Å². The summed E-state index contributed by atoms with van der Waals surface area (Å²) in [4.78, 5) is 18.1. The summed E-state index contributed by atoms with van der Waals surface area (Å²) >= 11 is 0. The lowest BCUT2D eigenvalue weighted by atomic mass is 10.1. The second-order valence-electron chi connectivity index (χ2n) is 6.61. The number of H-pyrrole nitrogens is 2. The molecule has 3 aromatic heterocycles. The van der Waals surface area contributed by atoms with Gasteiger partial charge in [0.25, 0.3) is 0 Å². The highest BCUT2D eigenvalue weighted by atomic mass is 35.5. The van der Waals surface area contributed by atoms with E-state index in [0.717, 1.165) is 34.8 Å². The molecule has 5 nitrogen and oxygen atoms in total. The number of likely N-dealkylation sites (tertiary alicyclic amines) is 1. The molecule has 6 heteroatoms. The first-order valence-electron chi connectivity index (χ1n) is 8.42. The molecule has 0 aliphatic carbocycles. The van der Waals surface area contributed by atoms with Crippen molar-refractivity contribution in [2.24, 2.45) is 0 Å². The quantitative estimate of drug-likeness (QED) is 0.584. The molecule has 128 valence electrons. The third-order valence-electron chi connectivity index (χ3n) is 4.84. The third-order valence-corrected chi connectivity index (χ3v) is 4.84. The number of rotatable bonds is 3. The topological polar surface area (TPSA) is 60.6 Å². The maximum absolute atomic E-state index is 4.43. The number of hydrogen-bond acceptors (Lipinski definition) is 3. The molecule has 5 rings (SSSR count). The van der Waals surface area contributed by atoms with Gasteiger partial charge in [-0.3, -0.25) is 4.90 Å². The summed E-state index contributed by atoms with van der Waals surface area (Å²) in [7, 11) is 0. The number of hydrogen-bond donors (Lipinski definition) is 2. The average molecular weight is 354 g/mol. The fourth-order valence-corrected chi connectivity index (χ4v) is 3.47. The molecule has 0 saturated carbocycles. The molecule has 1 aliphatic rings. The number of aromatic nitrogens is 4. The van der Waals surface area contributed by atoms with Gasteiger partial charge in [-0.05, 0) is 56.3 Å². The zero-order valence-corrected chi connectivity index (χ0v) is 14.9. The molecule has 0 radical (unpaired) electrons. The molecule has 0 unspecified atom stereocenters. The van der Waals surface area contributed by atoms with Crippen LogP contribution in [0.4, 0.5) is 0 Å². The normalized spacial score (nSPS) is 14.6. The number of fused-ring (bicyclic) bond motifs is 2. The van der Waals surface area contributed by atoms with Gasteiger partial charge in [-0.25, -0.2) is 9.97 Å². The summed E-state index contributed by atoms with van der Waals surface area (Å²) in [5, 5.41) is 1.25. The minimum absolute atomic E-state index is 0. The second-order valence-corrected chi connectivity index (χ2v) is 6.61. The minimum atomic E-state index is 0. The zero-order valence-electron chi connectivity index (χ0n) is 14.0. The van der Waals surface area contributed by atoms with Gasteiger partial charge in [-0.2, -0.15) is 0 Å². The predicted molar refractivity (Wildman–Crippen MR) is 103 cm³/mol. The maximum atomic E-state index is 4.43. The van der Waals surface area contributed by atoms with Crippen molar-refractivity contribution in [2.45, 2.75) is 19.9 Å². The van der Waals surface area contributed by atoms with Crippen LogP contribution in [0.15, 0.2) is 36.5 Å². The van der Waals surface area contributed by atoms with Crippen molar-refractivity contribution in [2.75, 3.05) is 13.1 Å². The monoisotopic (exact) mass is 353 g/mol. The van der Waals surface area contributed by atoms with E-state index in [1.165, 1.54) is 36.0 Å². The van der Waals surface area contributed by atoms with Gasteiger partial charge in [0.1, 0.15) is 5.82 Å². The number of pyridine rings is 1. The van der Waals surface area contributed by atoms with Crippen LogP contribution in [0.1, 0.15) is 17.8 Å². The Balaban J connectivity index is 0.00000157. The maximum Gasteiger partial charge on any atom is 0.178 e. The molecule has 4 heterocycles. The highest BCUT2D eigenvalue weighted by Crippen LogP contribution is 2.29. The third kappa shape index (κ3) is 2.79. The fraction of sp³-hybridized carbons (Fsp3) is 0.263. The van der Waals surface area contributed by atoms with Gasteiger partial charge in [0, 0.05) is 34.9 Å². The number of aryl methyl sites for hydroxylation is 1.